The number of rotatable bonds is 3. The summed E-state index contributed by atoms with van der Waals surface area (Å²) in [6.07, 6.45) is 9.81. The van der Waals surface area contributed by atoms with E-state index in [1.807, 2.05) is 19.2 Å². The largest absolute Gasteiger partial charge is 0.453 e. The third kappa shape index (κ3) is 3.15. The van der Waals surface area contributed by atoms with Gasteiger partial charge in [-0.25, -0.2) is 14.8 Å². The van der Waals surface area contributed by atoms with Gasteiger partial charge in [0.05, 0.1) is 31.2 Å². The quantitative estimate of drug-likeness (QED) is 0.457. The number of benzene rings is 1. The van der Waals surface area contributed by atoms with Gasteiger partial charge in [0.15, 0.2) is 0 Å². The van der Waals surface area contributed by atoms with Crippen LogP contribution in [0, 0.1) is 6.92 Å². The van der Waals surface area contributed by atoms with Crippen LogP contribution in [0.1, 0.15) is 16.8 Å². The molecule has 9 nitrogen and oxygen atoms in total. The van der Waals surface area contributed by atoms with Gasteiger partial charge in [-0.2, -0.15) is 0 Å². The van der Waals surface area contributed by atoms with Crippen molar-refractivity contribution in [3.05, 3.63) is 78.4 Å². The van der Waals surface area contributed by atoms with E-state index in [-0.39, 0.29) is 25.5 Å². The fourth-order valence-electron chi connectivity index (χ4n) is 5.22. The number of aromatic nitrogens is 4. The molecule has 1 aromatic carbocycles. The van der Waals surface area contributed by atoms with Gasteiger partial charge in [-0.1, -0.05) is 17.7 Å². The van der Waals surface area contributed by atoms with Crippen molar-refractivity contribution in [3.63, 3.8) is 0 Å². The van der Waals surface area contributed by atoms with Crippen molar-refractivity contribution in [2.45, 2.75) is 18.9 Å². The minimum atomic E-state index is -0.795. The Hall–Kier alpha value is -4.40. The second-order valence-corrected chi connectivity index (χ2v) is 8.99. The summed E-state index contributed by atoms with van der Waals surface area (Å²) in [5.74, 6) is -0.0679. The molecule has 0 N–H and O–H groups in total. The van der Waals surface area contributed by atoms with E-state index in [4.69, 9.17) is 9.72 Å². The van der Waals surface area contributed by atoms with E-state index in [0.29, 0.717) is 0 Å². The third-order valence-electron chi connectivity index (χ3n) is 6.90. The number of carbonyl (C=O) groups excluding carboxylic acids is 2. The molecule has 3 aromatic heterocycles. The van der Waals surface area contributed by atoms with Crippen LogP contribution >= 0.6 is 0 Å². The monoisotopic (exact) mass is 466 g/mol. The number of ether oxygens (including phenoxy) is 1. The van der Waals surface area contributed by atoms with Crippen LogP contribution in [0.4, 0.5) is 10.5 Å². The molecule has 5 heterocycles. The molecule has 2 aliphatic heterocycles. The van der Waals surface area contributed by atoms with E-state index in [9.17, 15) is 9.59 Å². The summed E-state index contributed by atoms with van der Waals surface area (Å²) >= 11 is 0. The molecule has 0 radical (unpaired) electrons. The molecule has 0 atom stereocenters. The van der Waals surface area contributed by atoms with Crippen LogP contribution < -0.4 is 4.90 Å². The first-order valence-electron chi connectivity index (χ1n) is 11.2. The van der Waals surface area contributed by atoms with Gasteiger partial charge < -0.3 is 14.5 Å². The Morgan fingerprint density at radius 3 is 2.66 bits per heavy atom. The zero-order valence-electron chi connectivity index (χ0n) is 19.3. The van der Waals surface area contributed by atoms with Gasteiger partial charge in [0.25, 0.3) is 0 Å². The number of likely N-dealkylation sites (tertiary alicyclic amines) is 1. The van der Waals surface area contributed by atoms with E-state index in [1.54, 1.807) is 29.7 Å². The SMILES string of the molecule is COC(=O)N1CC2(C1)C(=O)N(Cc1ncc3cc(C)ccc3c1-c1cncnc1)c1cnccc12. The maximum absolute atomic E-state index is 13.9. The highest BCUT2D eigenvalue weighted by Crippen LogP contribution is 2.48. The van der Waals surface area contributed by atoms with E-state index < -0.39 is 11.5 Å². The van der Waals surface area contributed by atoms with Crippen LogP contribution in [0.3, 0.4) is 0 Å². The van der Waals surface area contributed by atoms with Crippen molar-refractivity contribution in [3.8, 4) is 11.1 Å². The van der Waals surface area contributed by atoms with Gasteiger partial charge in [0.1, 0.15) is 11.7 Å². The summed E-state index contributed by atoms with van der Waals surface area (Å²) in [6.45, 7) is 2.85. The Morgan fingerprint density at radius 1 is 1.09 bits per heavy atom. The maximum Gasteiger partial charge on any atom is 0.409 e. The zero-order valence-corrected chi connectivity index (χ0v) is 19.3. The predicted octanol–water partition coefficient (Wildman–Crippen LogP) is 3.26. The molecule has 1 saturated heterocycles. The lowest BCUT2D eigenvalue weighted by atomic mass is 9.75. The first-order chi connectivity index (χ1) is 17.0. The van der Waals surface area contributed by atoms with Gasteiger partial charge in [0, 0.05) is 54.4 Å². The number of aryl methyl sites for hydroxylation is 1. The van der Waals surface area contributed by atoms with Crippen molar-refractivity contribution in [1.82, 2.24) is 24.8 Å². The lowest BCUT2D eigenvalue weighted by Crippen LogP contribution is -2.65. The van der Waals surface area contributed by atoms with Gasteiger partial charge in [0.2, 0.25) is 5.91 Å². The van der Waals surface area contributed by atoms with Crippen LogP contribution in [0.5, 0.6) is 0 Å². The summed E-state index contributed by atoms with van der Waals surface area (Å²) in [5, 5.41) is 2.02. The normalized spacial score (nSPS) is 15.9. The fourth-order valence-corrected chi connectivity index (χ4v) is 5.22. The highest BCUT2D eigenvalue weighted by Gasteiger charge is 2.59. The summed E-state index contributed by atoms with van der Waals surface area (Å²) in [4.78, 5) is 46.6. The van der Waals surface area contributed by atoms with Crippen LogP contribution in [0.2, 0.25) is 0 Å². The van der Waals surface area contributed by atoms with E-state index in [0.717, 1.165) is 44.4 Å². The van der Waals surface area contributed by atoms with E-state index >= 15 is 0 Å². The highest BCUT2D eigenvalue weighted by molar-refractivity contribution is 6.10. The number of methoxy groups -OCH3 is 1. The first kappa shape index (κ1) is 21.2. The molecule has 35 heavy (non-hydrogen) atoms. The molecule has 2 aliphatic rings. The van der Waals surface area contributed by atoms with Gasteiger partial charge >= 0.3 is 6.09 Å². The molecule has 0 unspecified atom stereocenters. The minimum Gasteiger partial charge on any atom is -0.453 e. The Labute approximate surface area is 201 Å². The lowest BCUT2D eigenvalue weighted by Gasteiger charge is -2.45. The second kappa shape index (κ2) is 7.83. The Balaban J connectivity index is 1.44. The standard InChI is InChI=1S/C26H22N6O3/c1-16-3-4-19-17(7-16)10-30-21(23(19)18-8-28-15-29-9-18)12-32-22-11-27-6-5-20(22)26(24(32)33)13-31(14-26)25(34)35-2/h3-11,15H,12-14H2,1-2H3. The van der Waals surface area contributed by atoms with Crippen LogP contribution in [-0.4, -0.2) is 57.0 Å². The number of amides is 2. The molecule has 2 amide bonds. The van der Waals surface area contributed by atoms with Crippen molar-refractivity contribution in [2.24, 2.45) is 0 Å². The van der Waals surface area contributed by atoms with Crippen LogP contribution in [0.15, 0.2) is 61.6 Å². The van der Waals surface area contributed by atoms with E-state index in [1.165, 1.54) is 18.3 Å². The number of hydrogen-bond acceptors (Lipinski definition) is 7. The zero-order chi connectivity index (χ0) is 24.2. The van der Waals surface area contributed by atoms with Gasteiger partial charge in [-0.05, 0) is 30.0 Å². The molecular formula is C26H22N6O3. The lowest BCUT2D eigenvalue weighted by molar-refractivity contribution is -0.128. The molecular weight excluding hydrogens is 444 g/mol. The van der Waals surface area contributed by atoms with Crippen molar-refractivity contribution in [2.75, 3.05) is 25.1 Å². The maximum atomic E-state index is 13.9. The highest BCUT2D eigenvalue weighted by atomic mass is 16.5. The van der Waals surface area contributed by atoms with E-state index in [2.05, 4.69) is 33.2 Å². The van der Waals surface area contributed by atoms with Crippen molar-refractivity contribution in [1.29, 1.82) is 0 Å². The molecule has 9 heteroatoms. The molecule has 1 fully saturated rings. The summed E-state index contributed by atoms with van der Waals surface area (Å²) in [5.41, 5.74) is 4.42. The second-order valence-electron chi connectivity index (χ2n) is 8.99. The average molecular weight is 467 g/mol. The number of anilines is 1. The topological polar surface area (TPSA) is 101 Å². The average Bonchev–Trinajstić information content (AvgIpc) is 3.11. The number of fused-ring (bicyclic) bond motifs is 3. The predicted molar refractivity (Wildman–Crippen MR) is 129 cm³/mol. The Bertz CT molecular complexity index is 1480. The molecule has 0 saturated carbocycles. The number of carbonyl (C=O) groups is 2. The molecule has 0 aliphatic carbocycles. The number of hydrogen-bond donors (Lipinski definition) is 0. The number of nitrogens with zero attached hydrogens (tertiary/aromatic N) is 6. The van der Waals surface area contributed by atoms with Gasteiger partial charge in [-0.15, -0.1) is 0 Å². The van der Waals surface area contributed by atoms with Crippen molar-refractivity contribution < 1.29 is 14.3 Å². The molecule has 1 spiro atoms. The van der Waals surface area contributed by atoms with Crippen LogP contribution in [0.25, 0.3) is 21.9 Å². The Kier molecular flexibility index (Phi) is 4.73. The van der Waals surface area contributed by atoms with Crippen molar-refractivity contribution >= 4 is 28.5 Å². The summed E-state index contributed by atoms with van der Waals surface area (Å²) < 4.78 is 4.84. The third-order valence-corrected chi connectivity index (χ3v) is 6.90. The fraction of sp³-hybridized carbons (Fsp3) is 0.231. The van der Waals surface area contributed by atoms with Crippen LogP contribution in [-0.2, 0) is 21.5 Å². The molecule has 6 rings (SSSR count). The summed E-state index contributed by atoms with van der Waals surface area (Å²) in [7, 11) is 1.34. The summed E-state index contributed by atoms with van der Waals surface area (Å²) in [6, 6.07) is 8.08. The number of pyridine rings is 2. The molecule has 174 valence electrons. The van der Waals surface area contributed by atoms with Gasteiger partial charge in [-0.3, -0.25) is 14.8 Å². The Morgan fingerprint density at radius 2 is 1.89 bits per heavy atom. The minimum absolute atomic E-state index is 0.0679. The smallest absolute Gasteiger partial charge is 0.409 e. The molecule has 0 bridgehead atoms. The molecule has 4 aromatic rings. The first-order valence-corrected chi connectivity index (χ1v) is 11.2.